The van der Waals surface area contributed by atoms with Crippen LogP contribution in [0.1, 0.15) is 16.7 Å². The van der Waals surface area contributed by atoms with Gasteiger partial charge in [0.1, 0.15) is 5.56 Å². The molecule has 6 nitrogen and oxygen atoms in total. The topological polar surface area (TPSA) is 87.5 Å². The number of nitrogens with one attached hydrogen (secondary N) is 1. The third kappa shape index (κ3) is 3.27. The smallest absolute Gasteiger partial charge is 0.416 e. The lowest BCUT2D eigenvalue weighted by atomic mass is 10.1. The van der Waals surface area contributed by atoms with Crippen LogP contribution in [0.15, 0.2) is 63.1 Å². The molecule has 0 amide bonds. The first-order chi connectivity index (χ1) is 13.8. The lowest BCUT2D eigenvalue weighted by Gasteiger charge is -2.12. The molecule has 146 valence electrons. The maximum Gasteiger partial charge on any atom is 0.416 e. The normalized spacial score (nSPS) is 14.4. The molecule has 0 radical (unpaired) electrons. The highest BCUT2D eigenvalue weighted by Crippen LogP contribution is 2.33. The van der Waals surface area contributed by atoms with E-state index < -0.39 is 28.9 Å². The molecule has 9 heteroatoms. The highest BCUT2D eigenvalue weighted by Gasteiger charge is 2.31. The Morgan fingerprint density at radius 3 is 2.59 bits per heavy atom. The lowest BCUT2D eigenvalue weighted by molar-refractivity contribution is -0.137. The number of H-pyrrole nitrogens is 1. The van der Waals surface area contributed by atoms with Crippen molar-refractivity contribution >= 4 is 23.6 Å². The number of alkyl halides is 3. The van der Waals surface area contributed by atoms with Crippen molar-refractivity contribution in [1.29, 1.82) is 0 Å². The zero-order valence-electron chi connectivity index (χ0n) is 14.6. The summed E-state index contributed by atoms with van der Waals surface area (Å²) in [5.41, 5.74) is -1.56. The number of aliphatic imine (C=N–C) groups is 1. The van der Waals surface area contributed by atoms with Gasteiger partial charge in [0.2, 0.25) is 5.88 Å². The zero-order chi connectivity index (χ0) is 20.8. The van der Waals surface area contributed by atoms with E-state index in [4.69, 9.17) is 0 Å². The highest BCUT2D eigenvalue weighted by molar-refractivity contribution is 6.21. The van der Waals surface area contributed by atoms with Crippen molar-refractivity contribution in [2.75, 3.05) is 0 Å². The number of allylic oxidation sites excluding steroid dienone is 1. The summed E-state index contributed by atoms with van der Waals surface area (Å²) in [6, 6.07) is 11.0. The maximum absolute atomic E-state index is 13.0. The van der Waals surface area contributed by atoms with Crippen LogP contribution >= 0.6 is 0 Å². The Morgan fingerprint density at radius 2 is 1.83 bits per heavy atom. The molecule has 0 unspecified atom stereocenters. The molecule has 2 heterocycles. The first kappa shape index (κ1) is 18.5. The minimum Gasteiger partial charge on any atom is -0.494 e. The third-order valence-corrected chi connectivity index (χ3v) is 4.41. The van der Waals surface area contributed by atoms with Crippen LogP contribution in [-0.2, 0) is 6.18 Å². The molecule has 1 aromatic heterocycles. The number of fused-ring (bicyclic) bond motifs is 1. The fourth-order valence-electron chi connectivity index (χ4n) is 3.04. The number of aromatic amines is 1. The molecule has 2 N–H and O–H groups in total. The van der Waals surface area contributed by atoms with Gasteiger partial charge in [0.25, 0.3) is 5.56 Å². The van der Waals surface area contributed by atoms with Gasteiger partial charge in [0.15, 0.2) is 0 Å². The minimum absolute atomic E-state index is 0.237. The lowest BCUT2D eigenvalue weighted by Crippen LogP contribution is -2.30. The van der Waals surface area contributed by atoms with E-state index in [1.54, 1.807) is 24.3 Å². The summed E-state index contributed by atoms with van der Waals surface area (Å²) >= 11 is 0. The number of hydrogen-bond acceptors (Lipinski definition) is 4. The molecule has 2 aromatic carbocycles. The Labute approximate surface area is 160 Å². The number of rotatable bonds is 2. The summed E-state index contributed by atoms with van der Waals surface area (Å²) in [4.78, 5) is 30.7. The standard InChI is InChI=1S/C20H12F3N3O3/c21-20(22,23)12-4-3-5-13(9-12)26-18(28)15(17(27)25-19(26)29)8-11-10-24-16-7-2-1-6-14(11)16/h1-10,28H,(H,25,27,29). The van der Waals surface area contributed by atoms with Crippen LogP contribution in [0.5, 0.6) is 5.88 Å². The first-order valence-corrected chi connectivity index (χ1v) is 8.37. The molecule has 1 aliphatic rings. The van der Waals surface area contributed by atoms with Gasteiger partial charge in [-0.3, -0.25) is 14.8 Å². The molecular formula is C20H12F3N3O3. The van der Waals surface area contributed by atoms with E-state index in [9.17, 15) is 27.9 Å². The van der Waals surface area contributed by atoms with E-state index in [2.05, 4.69) is 4.99 Å². The number of para-hydroxylation sites is 1. The van der Waals surface area contributed by atoms with Crippen LogP contribution in [-0.4, -0.2) is 20.9 Å². The Hall–Kier alpha value is -3.88. The Bertz CT molecular complexity index is 1300. The SMILES string of the molecule is O=c1[nH]c(=O)n(-c2cccc(C(F)(F)F)c2)c(O)c1C=C1C=Nc2ccccc21. The van der Waals surface area contributed by atoms with Gasteiger partial charge in [-0.2, -0.15) is 13.2 Å². The van der Waals surface area contributed by atoms with Crippen LogP contribution in [0.3, 0.4) is 0 Å². The average molecular weight is 399 g/mol. The fourth-order valence-corrected chi connectivity index (χ4v) is 3.04. The molecule has 0 spiro atoms. The number of benzene rings is 2. The third-order valence-electron chi connectivity index (χ3n) is 4.41. The predicted molar refractivity (Wildman–Crippen MR) is 102 cm³/mol. The Kier molecular flexibility index (Phi) is 4.22. The predicted octanol–water partition coefficient (Wildman–Crippen LogP) is 3.51. The number of hydrogen-bond donors (Lipinski definition) is 2. The molecule has 0 bridgehead atoms. The van der Waals surface area contributed by atoms with Crippen molar-refractivity contribution < 1.29 is 18.3 Å². The van der Waals surface area contributed by atoms with Crippen LogP contribution < -0.4 is 11.2 Å². The zero-order valence-corrected chi connectivity index (χ0v) is 14.6. The molecule has 0 fully saturated rings. The van der Waals surface area contributed by atoms with Gasteiger partial charge in [-0.15, -0.1) is 0 Å². The van der Waals surface area contributed by atoms with Crippen molar-refractivity contribution in [2.24, 2.45) is 4.99 Å². The largest absolute Gasteiger partial charge is 0.494 e. The Balaban J connectivity index is 1.90. The highest BCUT2D eigenvalue weighted by atomic mass is 19.4. The molecule has 4 rings (SSSR count). The van der Waals surface area contributed by atoms with Gasteiger partial charge >= 0.3 is 11.9 Å². The molecular weight excluding hydrogens is 387 g/mol. The van der Waals surface area contributed by atoms with Gasteiger partial charge < -0.3 is 5.11 Å². The quantitative estimate of drug-likeness (QED) is 0.691. The first-order valence-electron chi connectivity index (χ1n) is 8.37. The summed E-state index contributed by atoms with van der Waals surface area (Å²) in [5.74, 6) is -0.775. The van der Waals surface area contributed by atoms with Gasteiger partial charge in [0.05, 0.1) is 16.9 Å². The van der Waals surface area contributed by atoms with E-state index in [0.717, 1.165) is 12.1 Å². The second kappa shape index (κ2) is 6.62. The van der Waals surface area contributed by atoms with Gasteiger partial charge in [0, 0.05) is 17.4 Å². The molecule has 0 saturated heterocycles. The summed E-state index contributed by atoms with van der Waals surface area (Å²) in [6.45, 7) is 0. The second-order valence-electron chi connectivity index (χ2n) is 6.26. The number of nitrogens with zero attached hydrogens (tertiary/aromatic N) is 2. The van der Waals surface area contributed by atoms with E-state index in [0.29, 0.717) is 27.5 Å². The molecule has 0 saturated carbocycles. The van der Waals surface area contributed by atoms with Gasteiger partial charge in [-0.1, -0.05) is 24.3 Å². The van der Waals surface area contributed by atoms with E-state index in [-0.39, 0.29) is 11.3 Å². The van der Waals surface area contributed by atoms with Crippen molar-refractivity contribution in [3.05, 3.63) is 86.1 Å². The minimum atomic E-state index is -4.63. The van der Waals surface area contributed by atoms with Crippen molar-refractivity contribution in [2.45, 2.75) is 6.18 Å². The van der Waals surface area contributed by atoms with Crippen LogP contribution in [0, 0.1) is 0 Å². The summed E-state index contributed by atoms with van der Waals surface area (Å²) in [5, 5.41) is 10.6. The van der Waals surface area contributed by atoms with Crippen molar-refractivity contribution in [3.63, 3.8) is 0 Å². The van der Waals surface area contributed by atoms with Gasteiger partial charge in [-0.25, -0.2) is 9.36 Å². The van der Waals surface area contributed by atoms with E-state index >= 15 is 0 Å². The molecule has 0 aliphatic carbocycles. The second-order valence-corrected chi connectivity index (χ2v) is 6.26. The average Bonchev–Trinajstić information content (AvgIpc) is 3.07. The summed E-state index contributed by atoms with van der Waals surface area (Å²) in [7, 11) is 0. The molecule has 0 atom stereocenters. The number of aromatic nitrogens is 2. The summed E-state index contributed by atoms with van der Waals surface area (Å²) < 4.78 is 39.6. The van der Waals surface area contributed by atoms with Gasteiger partial charge in [-0.05, 0) is 30.3 Å². The number of aromatic hydroxyl groups is 1. The molecule has 1 aliphatic heterocycles. The van der Waals surface area contributed by atoms with Crippen LogP contribution in [0.2, 0.25) is 0 Å². The Morgan fingerprint density at radius 1 is 1.07 bits per heavy atom. The maximum atomic E-state index is 13.0. The number of halogens is 3. The van der Waals surface area contributed by atoms with E-state index in [1.165, 1.54) is 18.4 Å². The summed E-state index contributed by atoms with van der Waals surface area (Å²) in [6.07, 6.45) is -1.82. The van der Waals surface area contributed by atoms with Crippen molar-refractivity contribution in [3.8, 4) is 11.6 Å². The van der Waals surface area contributed by atoms with Crippen LogP contribution in [0.25, 0.3) is 17.3 Å². The van der Waals surface area contributed by atoms with E-state index in [1.807, 2.05) is 4.98 Å². The van der Waals surface area contributed by atoms with Crippen LogP contribution in [0.4, 0.5) is 18.9 Å². The van der Waals surface area contributed by atoms with Crippen molar-refractivity contribution in [1.82, 2.24) is 9.55 Å². The fraction of sp³-hybridized carbons (Fsp3) is 0.0500. The molecule has 29 heavy (non-hydrogen) atoms. The monoisotopic (exact) mass is 399 g/mol. The molecule has 3 aromatic rings.